The van der Waals surface area contributed by atoms with Crippen molar-refractivity contribution >= 4 is 16.7 Å². The number of nitrogens with zero attached hydrogens (tertiary/aromatic N) is 2. The summed E-state index contributed by atoms with van der Waals surface area (Å²) in [4.78, 5) is 18.2. The molecule has 4 rings (SSSR count). The molecule has 4 nitrogen and oxygen atoms in total. The Labute approximate surface area is 146 Å². The van der Waals surface area contributed by atoms with Crippen molar-refractivity contribution < 1.29 is 9.90 Å². The molecule has 1 saturated heterocycles. The van der Waals surface area contributed by atoms with Crippen LogP contribution in [-0.4, -0.2) is 40.1 Å². The molecule has 0 radical (unpaired) electrons. The largest absolute Gasteiger partial charge is 0.391 e. The number of piperidine rings is 1. The Morgan fingerprint density at radius 2 is 1.80 bits per heavy atom. The lowest BCUT2D eigenvalue weighted by molar-refractivity contribution is 0.0382. The highest BCUT2D eigenvalue weighted by Gasteiger charge is 2.31. The van der Waals surface area contributed by atoms with Crippen LogP contribution in [0.25, 0.3) is 10.8 Å². The molecule has 1 N–H and O–H groups in total. The number of aromatic nitrogens is 1. The molecule has 1 fully saturated rings. The predicted molar refractivity (Wildman–Crippen MR) is 97.5 cm³/mol. The lowest BCUT2D eigenvalue weighted by atomic mass is 9.86. The van der Waals surface area contributed by atoms with Gasteiger partial charge in [0, 0.05) is 37.0 Å². The highest BCUT2D eigenvalue weighted by Crippen LogP contribution is 2.31. The molecule has 1 amide bonds. The Bertz CT molecular complexity index is 895. The SMILES string of the molecule is O=C(c1ccncc1)N1CC[C@@H](c2ccc3ccccc3c2)[C@H](O)C1. The van der Waals surface area contributed by atoms with Crippen LogP contribution in [0.1, 0.15) is 28.3 Å². The van der Waals surface area contributed by atoms with Gasteiger partial charge >= 0.3 is 0 Å². The number of aliphatic hydroxyl groups is 1. The first-order valence-electron chi connectivity index (χ1n) is 8.58. The van der Waals surface area contributed by atoms with E-state index < -0.39 is 6.10 Å². The second-order valence-corrected chi connectivity index (χ2v) is 6.56. The average molecular weight is 332 g/mol. The molecule has 1 aliphatic rings. The molecule has 1 aromatic heterocycles. The second-order valence-electron chi connectivity index (χ2n) is 6.56. The van der Waals surface area contributed by atoms with Crippen molar-refractivity contribution in [3.8, 4) is 0 Å². The van der Waals surface area contributed by atoms with E-state index in [0.29, 0.717) is 18.7 Å². The van der Waals surface area contributed by atoms with E-state index in [1.807, 2.05) is 12.1 Å². The summed E-state index contributed by atoms with van der Waals surface area (Å²) in [5, 5.41) is 13.0. The number of benzene rings is 2. The maximum absolute atomic E-state index is 12.6. The second kappa shape index (κ2) is 6.65. The Kier molecular flexibility index (Phi) is 4.20. The van der Waals surface area contributed by atoms with Crippen molar-refractivity contribution in [3.63, 3.8) is 0 Å². The van der Waals surface area contributed by atoms with Gasteiger partial charge in [0.25, 0.3) is 5.91 Å². The molecule has 0 bridgehead atoms. The number of fused-ring (bicyclic) bond motifs is 1. The van der Waals surface area contributed by atoms with Gasteiger partial charge in [-0.1, -0.05) is 42.5 Å². The van der Waals surface area contributed by atoms with Crippen molar-refractivity contribution in [2.75, 3.05) is 13.1 Å². The predicted octanol–water partition coefficient (Wildman–Crippen LogP) is 3.23. The van der Waals surface area contributed by atoms with Crippen molar-refractivity contribution in [1.82, 2.24) is 9.88 Å². The number of rotatable bonds is 2. The van der Waals surface area contributed by atoms with E-state index in [1.54, 1.807) is 29.4 Å². The van der Waals surface area contributed by atoms with Crippen LogP contribution in [0.4, 0.5) is 0 Å². The number of hydrogen-bond donors (Lipinski definition) is 1. The first-order valence-corrected chi connectivity index (χ1v) is 8.58. The van der Waals surface area contributed by atoms with Gasteiger partial charge in [0.05, 0.1) is 6.10 Å². The van der Waals surface area contributed by atoms with Gasteiger partial charge in [-0.25, -0.2) is 0 Å². The number of likely N-dealkylation sites (tertiary alicyclic amines) is 1. The summed E-state index contributed by atoms with van der Waals surface area (Å²) in [5.74, 6) is 0.0181. The van der Waals surface area contributed by atoms with E-state index in [-0.39, 0.29) is 11.8 Å². The highest BCUT2D eigenvalue weighted by molar-refractivity contribution is 5.94. The molecular weight excluding hydrogens is 312 g/mol. The van der Waals surface area contributed by atoms with Crippen LogP contribution in [0.3, 0.4) is 0 Å². The van der Waals surface area contributed by atoms with Crippen molar-refractivity contribution in [2.45, 2.75) is 18.4 Å². The molecule has 2 atom stereocenters. The van der Waals surface area contributed by atoms with Gasteiger partial charge in [0.1, 0.15) is 0 Å². The summed E-state index contributed by atoms with van der Waals surface area (Å²) in [6.45, 7) is 1.01. The van der Waals surface area contributed by atoms with Crippen LogP contribution >= 0.6 is 0 Å². The van der Waals surface area contributed by atoms with Gasteiger partial charge in [-0.2, -0.15) is 0 Å². The molecule has 25 heavy (non-hydrogen) atoms. The van der Waals surface area contributed by atoms with Crippen molar-refractivity contribution in [2.24, 2.45) is 0 Å². The molecule has 2 aromatic carbocycles. The van der Waals surface area contributed by atoms with Crippen LogP contribution < -0.4 is 0 Å². The average Bonchev–Trinajstić information content (AvgIpc) is 2.67. The van der Waals surface area contributed by atoms with E-state index in [0.717, 1.165) is 12.0 Å². The summed E-state index contributed by atoms with van der Waals surface area (Å²) in [7, 11) is 0. The summed E-state index contributed by atoms with van der Waals surface area (Å²) in [5.41, 5.74) is 1.76. The van der Waals surface area contributed by atoms with Gasteiger partial charge in [0.2, 0.25) is 0 Å². The summed E-state index contributed by atoms with van der Waals surface area (Å²) < 4.78 is 0. The van der Waals surface area contributed by atoms with E-state index in [1.165, 1.54) is 10.8 Å². The van der Waals surface area contributed by atoms with Crippen LogP contribution in [-0.2, 0) is 0 Å². The molecule has 0 unspecified atom stereocenters. The molecule has 0 spiro atoms. The lowest BCUT2D eigenvalue weighted by Crippen LogP contribution is -2.45. The van der Waals surface area contributed by atoms with Crippen LogP contribution in [0, 0.1) is 0 Å². The number of amides is 1. The van der Waals surface area contributed by atoms with Crippen LogP contribution in [0.15, 0.2) is 67.0 Å². The standard InChI is InChI=1S/C21H20N2O2/c24-20-14-23(21(25)16-7-10-22-11-8-16)12-9-19(20)18-6-5-15-3-1-2-4-17(15)13-18/h1-8,10-11,13,19-20,24H,9,12,14H2/t19-,20+/m0/s1. The topological polar surface area (TPSA) is 53.4 Å². The Morgan fingerprint density at radius 1 is 1.04 bits per heavy atom. The Hall–Kier alpha value is -2.72. The normalized spacial score (nSPS) is 20.6. The van der Waals surface area contributed by atoms with Crippen LogP contribution in [0.2, 0.25) is 0 Å². The third-order valence-electron chi connectivity index (χ3n) is 5.00. The smallest absolute Gasteiger partial charge is 0.254 e. The van der Waals surface area contributed by atoms with Crippen LogP contribution in [0.5, 0.6) is 0 Å². The number of carbonyl (C=O) groups is 1. The van der Waals surface area contributed by atoms with Gasteiger partial charge in [-0.3, -0.25) is 9.78 Å². The minimum absolute atomic E-state index is 0.0431. The minimum atomic E-state index is -0.555. The number of carbonyl (C=O) groups excluding carboxylic acids is 1. The molecule has 126 valence electrons. The number of aliphatic hydroxyl groups excluding tert-OH is 1. The zero-order valence-electron chi connectivity index (χ0n) is 13.9. The first kappa shape index (κ1) is 15.8. The zero-order valence-corrected chi connectivity index (χ0v) is 13.9. The first-order chi connectivity index (χ1) is 12.2. The third-order valence-corrected chi connectivity index (χ3v) is 5.00. The van der Waals surface area contributed by atoms with Crippen molar-refractivity contribution in [3.05, 3.63) is 78.1 Å². The Balaban J connectivity index is 1.52. The fourth-order valence-corrected chi connectivity index (χ4v) is 3.62. The van der Waals surface area contributed by atoms with Gasteiger partial charge in [0.15, 0.2) is 0 Å². The molecule has 4 heteroatoms. The molecule has 2 heterocycles. The van der Waals surface area contributed by atoms with E-state index in [2.05, 4.69) is 35.3 Å². The molecule has 0 aliphatic carbocycles. The fraction of sp³-hybridized carbons (Fsp3) is 0.238. The number of pyridine rings is 1. The van der Waals surface area contributed by atoms with E-state index >= 15 is 0 Å². The minimum Gasteiger partial charge on any atom is -0.391 e. The third kappa shape index (κ3) is 3.13. The molecule has 0 saturated carbocycles. The fourth-order valence-electron chi connectivity index (χ4n) is 3.62. The Morgan fingerprint density at radius 3 is 2.56 bits per heavy atom. The summed E-state index contributed by atoms with van der Waals surface area (Å²) in [6, 6.07) is 18.0. The molecular formula is C21H20N2O2. The van der Waals surface area contributed by atoms with Crippen molar-refractivity contribution in [1.29, 1.82) is 0 Å². The van der Waals surface area contributed by atoms with E-state index in [4.69, 9.17) is 0 Å². The maximum Gasteiger partial charge on any atom is 0.254 e. The quantitative estimate of drug-likeness (QED) is 0.784. The van der Waals surface area contributed by atoms with Gasteiger partial charge < -0.3 is 10.0 Å². The molecule has 3 aromatic rings. The number of β-amino-alcohol motifs (C(OH)–C–C–N with tert-alkyl or cyclic N) is 1. The summed E-state index contributed by atoms with van der Waals surface area (Å²) in [6.07, 6.45) is 3.44. The van der Waals surface area contributed by atoms with Gasteiger partial charge in [-0.15, -0.1) is 0 Å². The highest BCUT2D eigenvalue weighted by atomic mass is 16.3. The maximum atomic E-state index is 12.6. The van der Waals surface area contributed by atoms with E-state index in [9.17, 15) is 9.90 Å². The lowest BCUT2D eigenvalue weighted by Gasteiger charge is -2.36. The number of hydrogen-bond acceptors (Lipinski definition) is 3. The van der Waals surface area contributed by atoms with Gasteiger partial charge in [-0.05, 0) is 34.9 Å². The molecule has 1 aliphatic heterocycles. The monoisotopic (exact) mass is 332 g/mol. The zero-order chi connectivity index (χ0) is 17.2. The summed E-state index contributed by atoms with van der Waals surface area (Å²) >= 11 is 0.